The van der Waals surface area contributed by atoms with Gasteiger partial charge in [-0.3, -0.25) is 0 Å². The third-order valence-corrected chi connectivity index (χ3v) is 2.00. The summed E-state index contributed by atoms with van der Waals surface area (Å²) in [6.07, 6.45) is 2.00. The third-order valence-electron chi connectivity index (χ3n) is 1.04. The molecule has 1 aromatic carbocycles. The minimum absolute atomic E-state index is 1.03. The van der Waals surface area contributed by atoms with Crippen molar-refractivity contribution >= 4 is 33.2 Å². The molecule has 0 spiro atoms. The zero-order valence-corrected chi connectivity index (χ0v) is 8.06. The third kappa shape index (κ3) is 2.23. The van der Waals surface area contributed by atoms with Crippen LogP contribution in [0.2, 0.25) is 0 Å². The van der Waals surface area contributed by atoms with E-state index in [-0.39, 0.29) is 0 Å². The number of nitrogens with zero attached hydrogens (tertiary/aromatic N) is 1. The van der Waals surface area contributed by atoms with Crippen molar-refractivity contribution in [1.82, 2.24) is 0 Å². The number of rotatable bonds is 1. The molecule has 1 nitrogen and oxygen atoms in total. The first-order valence-corrected chi connectivity index (χ1v) is 4.97. The Balaban J connectivity index is 2.89. The molecule has 3 heteroatoms. The molecule has 10 heavy (non-hydrogen) atoms. The Morgan fingerprint density at radius 2 is 1.90 bits per heavy atom. The first-order chi connectivity index (χ1) is 4.83. The Morgan fingerprint density at radius 1 is 1.30 bits per heavy atom. The lowest BCUT2D eigenvalue weighted by Crippen LogP contribution is -1.63. The molecule has 0 aliphatic rings. The van der Waals surface area contributed by atoms with Crippen LogP contribution in [0.4, 0.5) is 5.69 Å². The second-order valence-corrected chi connectivity index (χ2v) is 3.29. The van der Waals surface area contributed by atoms with Crippen LogP contribution in [0.15, 0.2) is 33.1 Å². The van der Waals surface area contributed by atoms with Gasteiger partial charge in [-0.25, -0.2) is 4.36 Å². The highest BCUT2D eigenvalue weighted by molar-refractivity contribution is 9.10. The number of hydrogen-bond donors (Lipinski definition) is 1. The van der Waals surface area contributed by atoms with Gasteiger partial charge < -0.3 is 0 Å². The van der Waals surface area contributed by atoms with E-state index in [0.29, 0.717) is 0 Å². The predicted octanol–water partition coefficient (Wildman–Crippen LogP) is 2.71. The van der Waals surface area contributed by atoms with E-state index in [9.17, 15) is 0 Å². The second-order valence-electron chi connectivity index (χ2n) is 1.78. The van der Waals surface area contributed by atoms with Crippen LogP contribution in [0.3, 0.4) is 0 Å². The summed E-state index contributed by atoms with van der Waals surface area (Å²) >= 11 is 4.41. The Morgan fingerprint density at radius 3 is 2.40 bits per heavy atom. The first kappa shape index (κ1) is 7.95. The van der Waals surface area contributed by atoms with Crippen LogP contribution >= 0.6 is 15.9 Å². The highest BCUT2D eigenvalue weighted by Gasteiger charge is 1.85. The normalized spacial score (nSPS) is 11.4. The van der Waals surface area contributed by atoms with Gasteiger partial charge in [0.25, 0.3) is 0 Å². The van der Waals surface area contributed by atoms with E-state index in [1.807, 2.05) is 30.5 Å². The van der Waals surface area contributed by atoms with Gasteiger partial charge in [0, 0.05) is 4.47 Å². The maximum absolute atomic E-state index is 4.20. The molecule has 0 amide bonds. The fourth-order valence-corrected chi connectivity index (χ4v) is 1.25. The molecule has 0 fully saturated rings. The summed E-state index contributed by atoms with van der Waals surface area (Å²) in [6, 6.07) is 7.95. The van der Waals surface area contributed by atoms with E-state index < -0.39 is 0 Å². The van der Waals surface area contributed by atoms with Crippen LogP contribution in [-0.4, -0.2) is 6.26 Å². The molecule has 0 aliphatic heterocycles. The molecule has 0 unspecified atom stereocenters. The Bertz CT molecular complexity index is 230. The number of thiol groups is 1. The largest absolute Gasteiger partial charge is 0.231 e. The van der Waals surface area contributed by atoms with Gasteiger partial charge in [0.15, 0.2) is 0 Å². The molecule has 0 heterocycles. The first-order valence-electron chi connectivity index (χ1n) is 2.88. The van der Waals surface area contributed by atoms with Crippen molar-refractivity contribution in [1.29, 1.82) is 0 Å². The highest BCUT2D eigenvalue weighted by Crippen LogP contribution is 2.16. The van der Waals surface area contributed by atoms with Gasteiger partial charge >= 0.3 is 0 Å². The average Bonchev–Trinajstić information content (AvgIpc) is 1.95. The van der Waals surface area contributed by atoms with E-state index >= 15 is 0 Å². The standard InChI is InChI=1S/C7H8BrNS/c1-10-9-7-4-2-6(8)3-5-7/h2-5,10H,1H3. The lowest BCUT2D eigenvalue weighted by Gasteiger charge is -1.90. The van der Waals surface area contributed by atoms with Crippen molar-refractivity contribution in [2.45, 2.75) is 0 Å². The molecule has 0 aliphatic carbocycles. The van der Waals surface area contributed by atoms with E-state index in [0.717, 1.165) is 21.7 Å². The van der Waals surface area contributed by atoms with Gasteiger partial charge in [-0.2, -0.15) is 0 Å². The minimum Gasteiger partial charge on any atom is -0.231 e. The maximum atomic E-state index is 4.20. The smallest absolute Gasteiger partial charge is 0.0700 e. The molecule has 1 rings (SSSR count). The van der Waals surface area contributed by atoms with Crippen LogP contribution in [0.1, 0.15) is 0 Å². The Hall–Kier alpha value is -0.150. The fraction of sp³-hybridized carbons (Fsp3) is 0.143. The summed E-state index contributed by atoms with van der Waals surface area (Å²) in [4.78, 5) is 0. The number of hydrogen-bond acceptors (Lipinski definition) is 1. The summed E-state index contributed by atoms with van der Waals surface area (Å²) in [5, 5.41) is 0. The van der Waals surface area contributed by atoms with Crippen molar-refractivity contribution < 1.29 is 0 Å². The molecule has 0 radical (unpaired) electrons. The van der Waals surface area contributed by atoms with Crippen molar-refractivity contribution in [2.75, 3.05) is 6.26 Å². The minimum atomic E-state index is 1.03. The van der Waals surface area contributed by atoms with E-state index in [2.05, 4.69) is 20.3 Å². The molecule has 0 saturated heterocycles. The highest BCUT2D eigenvalue weighted by atomic mass is 79.9. The molecular weight excluding hydrogens is 210 g/mol. The monoisotopic (exact) mass is 217 g/mol. The predicted molar refractivity (Wildman–Crippen MR) is 50.9 cm³/mol. The van der Waals surface area contributed by atoms with Gasteiger partial charge in [-0.05, 0) is 30.5 Å². The lowest BCUT2D eigenvalue weighted by molar-refractivity contribution is 1.55. The zero-order valence-electron chi connectivity index (χ0n) is 5.58. The molecule has 0 saturated carbocycles. The SMILES string of the molecule is C[SH]=Nc1ccc(Br)cc1. The Labute approximate surface area is 72.7 Å². The maximum Gasteiger partial charge on any atom is 0.0700 e. The number of benzene rings is 1. The van der Waals surface area contributed by atoms with Crippen molar-refractivity contribution in [3.8, 4) is 0 Å². The molecule has 0 aromatic heterocycles. The summed E-state index contributed by atoms with van der Waals surface area (Å²) in [5.74, 6) is 0. The van der Waals surface area contributed by atoms with Crippen LogP contribution in [0.5, 0.6) is 0 Å². The topological polar surface area (TPSA) is 12.4 Å². The van der Waals surface area contributed by atoms with Crippen molar-refractivity contribution in [3.05, 3.63) is 28.7 Å². The molecule has 0 bridgehead atoms. The molecule has 54 valence electrons. The van der Waals surface area contributed by atoms with Crippen LogP contribution in [0.25, 0.3) is 0 Å². The van der Waals surface area contributed by atoms with Gasteiger partial charge in [-0.15, -0.1) is 11.6 Å². The van der Waals surface area contributed by atoms with E-state index in [1.54, 1.807) is 0 Å². The molecule has 0 N–H and O–H groups in total. The summed E-state index contributed by atoms with van der Waals surface area (Å²) in [5.41, 5.74) is 1.03. The molecule has 1 aromatic rings. The van der Waals surface area contributed by atoms with Gasteiger partial charge in [0.05, 0.1) is 5.69 Å². The molecular formula is C7H8BrNS. The quantitative estimate of drug-likeness (QED) is 0.696. The van der Waals surface area contributed by atoms with E-state index in [1.165, 1.54) is 0 Å². The van der Waals surface area contributed by atoms with Gasteiger partial charge in [-0.1, -0.05) is 15.9 Å². The van der Waals surface area contributed by atoms with Crippen LogP contribution < -0.4 is 0 Å². The summed E-state index contributed by atoms with van der Waals surface area (Å²) in [6.45, 7) is 0. The lowest BCUT2D eigenvalue weighted by atomic mass is 10.3. The van der Waals surface area contributed by atoms with Crippen LogP contribution in [-0.2, 0) is 11.6 Å². The second kappa shape index (κ2) is 3.88. The van der Waals surface area contributed by atoms with E-state index in [4.69, 9.17) is 0 Å². The Kier molecular flexibility index (Phi) is 3.09. The summed E-state index contributed by atoms with van der Waals surface area (Å²) < 4.78 is 5.30. The fourth-order valence-electron chi connectivity index (χ4n) is 0.623. The zero-order chi connectivity index (χ0) is 7.40. The van der Waals surface area contributed by atoms with Crippen molar-refractivity contribution in [3.63, 3.8) is 0 Å². The molecule has 0 atom stereocenters. The van der Waals surface area contributed by atoms with Crippen LogP contribution in [0, 0.1) is 0 Å². The summed E-state index contributed by atoms with van der Waals surface area (Å²) in [7, 11) is 0. The van der Waals surface area contributed by atoms with Crippen molar-refractivity contribution in [2.24, 2.45) is 4.36 Å². The van der Waals surface area contributed by atoms with Gasteiger partial charge in [0.1, 0.15) is 0 Å². The average molecular weight is 218 g/mol. The number of halogens is 1. The van der Waals surface area contributed by atoms with Gasteiger partial charge in [0.2, 0.25) is 0 Å².